The minimum absolute atomic E-state index is 0.321. The molecule has 110 valence electrons. The van der Waals surface area contributed by atoms with Crippen LogP contribution in [0.4, 0.5) is 11.5 Å². The molecule has 1 heterocycles. The summed E-state index contributed by atoms with van der Waals surface area (Å²) in [6.45, 7) is 14.9. The van der Waals surface area contributed by atoms with E-state index in [0.717, 1.165) is 49.8 Å². The van der Waals surface area contributed by atoms with Gasteiger partial charge in [0.15, 0.2) is 0 Å². The van der Waals surface area contributed by atoms with Crippen LogP contribution in [0.15, 0.2) is 0 Å². The molecule has 0 aromatic carbocycles. The molecule has 3 N–H and O–H groups in total. The fourth-order valence-corrected chi connectivity index (χ4v) is 2.16. The minimum atomic E-state index is 0.321. The number of hydrogen-bond donors (Lipinski definition) is 2. The largest absolute Gasteiger partial charge is 0.394 e. The van der Waals surface area contributed by atoms with E-state index in [1.807, 2.05) is 11.6 Å². The summed E-state index contributed by atoms with van der Waals surface area (Å²) in [6.07, 6.45) is 1.11. The van der Waals surface area contributed by atoms with Gasteiger partial charge < -0.3 is 16.0 Å². The van der Waals surface area contributed by atoms with E-state index < -0.39 is 0 Å². The number of aromatic nitrogens is 2. The lowest BCUT2D eigenvalue weighted by molar-refractivity contribution is 0.303. The molecule has 0 saturated carbocycles. The van der Waals surface area contributed by atoms with E-state index in [9.17, 15) is 0 Å². The van der Waals surface area contributed by atoms with Crippen molar-refractivity contribution < 1.29 is 0 Å². The second kappa shape index (κ2) is 7.38. The minimum Gasteiger partial charge on any atom is -0.394 e. The van der Waals surface area contributed by atoms with Crippen molar-refractivity contribution in [2.45, 2.75) is 47.1 Å². The van der Waals surface area contributed by atoms with E-state index in [4.69, 9.17) is 5.73 Å². The first-order valence-corrected chi connectivity index (χ1v) is 7.32. The van der Waals surface area contributed by atoms with Crippen molar-refractivity contribution in [1.29, 1.82) is 0 Å². The Labute approximate surface area is 117 Å². The zero-order valence-electron chi connectivity index (χ0n) is 13.0. The van der Waals surface area contributed by atoms with Gasteiger partial charge in [0.25, 0.3) is 0 Å². The number of nitrogens with one attached hydrogen (secondary N) is 1. The van der Waals surface area contributed by atoms with Gasteiger partial charge in [0, 0.05) is 12.6 Å². The first-order valence-electron chi connectivity index (χ1n) is 7.32. The molecule has 0 radical (unpaired) electrons. The van der Waals surface area contributed by atoms with E-state index in [-0.39, 0.29) is 0 Å². The first kappa shape index (κ1) is 15.8. The van der Waals surface area contributed by atoms with Crippen molar-refractivity contribution in [2.24, 2.45) is 0 Å². The lowest BCUT2D eigenvalue weighted by Gasteiger charge is -2.18. The number of hydrogen-bond acceptors (Lipinski definition) is 4. The van der Waals surface area contributed by atoms with E-state index in [2.05, 4.69) is 43.0 Å². The Hall–Kier alpha value is -1.23. The third-order valence-electron chi connectivity index (χ3n) is 3.46. The fraction of sp³-hybridized carbons (Fsp3) is 0.786. The summed E-state index contributed by atoms with van der Waals surface area (Å²) in [7, 11) is 0. The van der Waals surface area contributed by atoms with Crippen molar-refractivity contribution in [3.8, 4) is 0 Å². The Morgan fingerprint density at radius 2 is 1.95 bits per heavy atom. The van der Waals surface area contributed by atoms with Crippen molar-refractivity contribution in [1.82, 2.24) is 14.7 Å². The summed E-state index contributed by atoms with van der Waals surface area (Å²) in [4.78, 5) is 2.43. The van der Waals surface area contributed by atoms with E-state index in [0.29, 0.717) is 6.04 Å². The molecule has 5 heteroatoms. The smallest absolute Gasteiger partial charge is 0.148 e. The highest BCUT2D eigenvalue weighted by molar-refractivity contribution is 5.64. The standard InChI is InChI=1S/C14H29N5/c1-6-18(7-2)10-8-9-16-14-13(15)12(5)17-19(14)11(3)4/h11,16H,6-10,15H2,1-5H3. The van der Waals surface area contributed by atoms with Crippen LogP contribution < -0.4 is 11.1 Å². The van der Waals surface area contributed by atoms with Crippen LogP contribution in [-0.4, -0.2) is 40.9 Å². The van der Waals surface area contributed by atoms with Gasteiger partial charge in [0.1, 0.15) is 5.82 Å². The lowest BCUT2D eigenvalue weighted by Crippen LogP contribution is -2.25. The highest BCUT2D eigenvalue weighted by atomic mass is 15.4. The normalized spacial score (nSPS) is 11.5. The summed E-state index contributed by atoms with van der Waals surface area (Å²) in [6, 6.07) is 0.321. The van der Waals surface area contributed by atoms with Crippen molar-refractivity contribution in [3.05, 3.63) is 5.69 Å². The average molecular weight is 267 g/mol. The molecule has 0 unspecified atom stereocenters. The lowest BCUT2D eigenvalue weighted by atomic mass is 10.3. The Kier molecular flexibility index (Phi) is 6.15. The van der Waals surface area contributed by atoms with Crippen LogP contribution in [0.25, 0.3) is 0 Å². The number of nitrogens with zero attached hydrogens (tertiary/aromatic N) is 3. The van der Waals surface area contributed by atoms with Gasteiger partial charge in [-0.2, -0.15) is 5.10 Å². The van der Waals surface area contributed by atoms with Gasteiger partial charge in [-0.15, -0.1) is 0 Å². The maximum atomic E-state index is 6.08. The van der Waals surface area contributed by atoms with Crippen LogP contribution in [0, 0.1) is 6.92 Å². The predicted molar refractivity (Wildman–Crippen MR) is 82.7 cm³/mol. The van der Waals surface area contributed by atoms with E-state index in [1.165, 1.54) is 0 Å². The number of anilines is 2. The second-order valence-electron chi connectivity index (χ2n) is 5.19. The molecule has 5 nitrogen and oxygen atoms in total. The van der Waals surface area contributed by atoms with Crippen LogP contribution in [0.1, 0.15) is 45.9 Å². The highest BCUT2D eigenvalue weighted by Gasteiger charge is 2.13. The molecule has 1 aromatic rings. The summed E-state index contributed by atoms with van der Waals surface area (Å²) in [5, 5.41) is 7.91. The topological polar surface area (TPSA) is 59.1 Å². The van der Waals surface area contributed by atoms with Gasteiger partial charge in [-0.05, 0) is 46.8 Å². The maximum Gasteiger partial charge on any atom is 0.148 e. The molecular weight excluding hydrogens is 238 g/mol. The van der Waals surface area contributed by atoms with Gasteiger partial charge in [-0.1, -0.05) is 13.8 Å². The van der Waals surface area contributed by atoms with Crippen LogP contribution >= 0.6 is 0 Å². The summed E-state index contributed by atoms with van der Waals surface area (Å²) >= 11 is 0. The quantitative estimate of drug-likeness (QED) is 0.711. The molecule has 0 bridgehead atoms. The Morgan fingerprint density at radius 3 is 2.47 bits per heavy atom. The molecule has 0 aliphatic heterocycles. The molecule has 0 aliphatic carbocycles. The van der Waals surface area contributed by atoms with Crippen molar-refractivity contribution in [3.63, 3.8) is 0 Å². The van der Waals surface area contributed by atoms with E-state index >= 15 is 0 Å². The molecule has 19 heavy (non-hydrogen) atoms. The fourth-order valence-electron chi connectivity index (χ4n) is 2.16. The van der Waals surface area contributed by atoms with Crippen LogP contribution in [0.5, 0.6) is 0 Å². The Morgan fingerprint density at radius 1 is 1.32 bits per heavy atom. The van der Waals surface area contributed by atoms with Crippen molar-refractivity contribution in [2.75, 3.05) is 37.2 Å². The zero-order valence-corrected chi connectivity index (χ0v) is 13.0. The third-order valence-corrected chi connectivity index (χ3v) is 3.46. The molecular formula is C14H29N5. The molecule has 0 fully saturated rings. The molecule has 0 saturated heterocycles. The van der Waals surface area contributed by atoms with Gasteiger partial charge in [-0.25, -0.2) is 4.68 Å². The Balaban J connectivity index is 2.53. The number of nitrogens with two attached hydrogens (primary N) is 1. The third kappa shape index (κ3) is 4.13. The van der Waals surface area contributed by atoms with Gasteiger partial charge in [0.2, 0.25) is 0 Å². The molecule has 0 amide bonds. The van der Waals surface area contributed by atoms with Crippen LogP contribution in [0.3, 0.4) is 0 Å². The first-order chi connectivity index (χ1) is 9.01. The van der Waals surface area contributed by atoms with Gasteiger partial charge >= 0.3 is 0 Å². The summed E-state index contributed by atoms with van der Waals surface area (Å²) in [5.41, 5.74) is 7.76. The molecule has 0 spiro atoms. The number of aryl methyl sites for hydroxylation is 1. The summed E-state index contributed by atoms with van der Waals surface area (Å²) < 4.78 is 1.97. The zero-order chi connectivity index (χ0) is 14.4. The average Bonchev–Trinajstić information content (AvgIpc) is 2.67. The SMILES string of the molecule is CCN(CC)CCCNc1c(N)c(C)nn1C(C)C. The van der Waals surface area contributed by atoms with Crippen LogP contribution in [0.2, 0.25) is 0 Å². The molecule has 1 aromatic heterocycles. The second-order valence-corrected chi connectivity index (χ2v) is 5.19. The van der Waals surface area contributed by atoms with E-state index in [1.54, 1.807) is 0 Å². The number of nitrogen functional groups attached to an aromatic ring is 1. The van der Waals surface area contributed by atoms with Crippen molar-refractivity contribution >= 4 is 11.5 Å². The summed E-state index contributed by atoms with van der Waals surface area (Å²) in [5.74, 6) is 0.965. The Bertz CT molecular complexity index is 379. The monoisotopic (exact) mass is 267 g/mol. The van der Waals surface area contributed by atoms with Crippen LogP contribution in [-0.2, 0) is 0 Å². The molecule has 0 atom stereocenters. The van der Waals surface area contributed by atoms with Gasteiger partial charge in [-0.3, -0.25) is 0 Å². The molecule has 1 rings (SSSR count). The number of rotatable bonds is 8. The maximum absolute atomic E-state index is 6.08. The predicted octanol–water partition coefficient (Wildman–Crippen LogP) is 2.50. The highest BCUT2D eigenvalue weighted by Crippen LogP contribution is 2.25. The molecule has 0 aliphatic rings. The van der Waals surface area contributed by atoms with Gasteiger partial charge in [0.05, 0.1) is 11.4 Å².